The summed E-state index contributed by atoms with van der Waals surface area (Å²) in [5.74, 6) is -1.85. The van der Waals surface area contributed by atoms with E-state index in [9.17, 15) is 14.4 Å². The molecule has 29 heavy (non-hydrogen) atoms. The molecule has 0 N–H and O–H groups in total. The van der Waals surface area contributed by atoms with E-state index in [0.717, 1.165) is 19.4 Å². The number of ketones is 1. The number of imide groups is 1. The fourth-order valence-electron chi connectivity index (χ4n) is 5.17. The van der Waals surface area contributed by atoms with Crippen LogP contribution in [0.5, 0.6) is 0 Å². The number of carbonyl (C=O) groups excluding carboxylic acids is 3. The van der Waals surface area contributed by atoms with Gasteiger partial charge in [-0.15, -0.1) is 0 Å². The zero-order valence-electron chi connectivity index (χ0n) is 15.4. The lowest BCUT2D eigenvalue weighted by Crippen LogP contribution is -2.46. The van der Waals surface area contributed by atoms with Crippen LogP contribution < -0.4 is 4.90 Å². The highest BCUT2D eigenvalue weighted by Gasteiger charge is 2.64. The minimum atomic E-state index is -0.671. The van der Waals surface area contributed by atoms with Gasteiger partial charge in [-0.2, -0.15) is 0 Å². The standard InChI is InChI=1S/C22H18Cl2N2O3/c23-14-9-8-13(11-15(14)24)26-21(28)17-16-7-4-10-25(16)19(18(17)22(26)29)20(27)12-5-2-1-3-6-12/h1-3,5-6,8-9,11,16-19H,4,7,10H2/t16-,17-,18+,19+/m1/s1. The van der Waals surface area contributed by atoms with Crippen LogP contribution in [0, 0.1) is 11.8 Å². The molecule has 0 unspecified atom stereocenters. The summed E-state index contributed by atoms with van der Waals surface area (Å²) >= 11 is 12.1. The highest BCUT2D eigenvalue weighted by molar-refractivity contribution is 6.42. The quantitative estimate of drug-likeness (QED) is 0.550. The van der Waals surface area contributed by atoms with Gasteiger partial charge in [0.05, 0.1) is 33.6 Å². The highest BCUT2D eigenvalue weighted by Crippen LogP contribution is 2.48. The Bertz CT molecular complexity index is 1030. The summed E-state index contributed by atoms with van der Waals surface area (Å²) in [6, 6.07) is 13.0. The zero-order valence-corrected chi connectivity index (χ0v) is 16.9. The molecular weight excluding hydrogens is 411 g/mol. The van der Waals surface area contributed by atoms with Crippen LogP contribution in [0.1, 0.15) is 23.2 Å². The van der Waals surface area contributed by atoms with Gasteiger partial charge in [-0.05, 0) is 37.6 Å². The second-order valence-electron chi connectivity index (χ2n) is 7.78. The van der Waals surface area contributed by atoms with Crippen molar-refractivity contribution >= 4 is 46.5 Å². The van der Waals surface area contributed by atoms with Crippen LogP contribution in [0.4, 0.5) is 5.69 Å². The Labute approximate surface area is 178 Å². The van der Waals surface area contributed by atoms with Crippen molar-refractivity contribution in [2.24, 2.45) is 11.8 Å². The number of rotatable bonds is 3. The molecule has 3 fully saturated rings. The average molecular weight is 429 g/mol. The van der Waals surface area contributed by atoms with Crippen LogP contribution in [-0.2, 0) is 9.59 Å². The largest absolute Gasteiger partial charge is 0.292 e. The Morgan fingerprint density at radius 2 is 1.66 bits per heavy atom. The van der Waals surface area contributed by atoms with Crippen LogP contribution in [0.2, 0.25) is 10.0 Å². The Morgan fingerprint density at radius 1 is 0.931 bits per heavy atom. The van der Waals surface area contributed by atoms with Gasteiger partial charge in [0.25, 0.3) is 0 Å². The molecule has 3 aliphatic heterocycles. The summed E-state index contributed by atoms with van der Waals surface area (Å²) < 4.78 is 0. The minimum Gasteiger partial charge on any atom is -0.292 e. The number of hydrogen-bond donors (Lipinski definition) is 0. The summed E-state index contributed by atoms with van der Waals surface area (Å²) in [5, 5.41) is 0.634. The Balaban J connectivity index is 1.56. The van der Waals surface area contributed by atoms with E-state index in [2.05, 4.69) is 4.90 Å². The van der Waals surface area contributed by atoms with Crippen LogP contribution in [-0.4, -0.2) is 41.1 Å². The molecule has 0 bridgehead atoms. The van der Waals surface area contributed by atoms with Crippen molar-refractivity contribution in [1.82, 2.24) is 4.90 Å². The molecule has 2 amide bonds. The maximum atomic E-state index is 13.4. The molecule has 0 aromatic heterocycles. The minimum absolute atomic E-state index is 0.0816. The molecule has 3 saturated heterocycles. The van der Waals surface area contributed by atoms with E-state index < -0.39 is 17.9 Å². The van der Waals surface area contributed by atoms with Crippen molar-refractivity contribution in [3.8, 4) is 0 Å². The van der Waals surface area contributed by atoms with Crippen molar-refractivity contribution in [3.05, 3.63) is 64.1 Å². The number of Topliss-reactive ketones (excluding diaryl/α,β-unsaturated/α-hetero) is 1. The van der Waals surface area contributed by atoms with E-state index in [1.807, 2.05) is 18.2 Å². The van der Waals surface area contributed by atoms with Gasteiger partial charge in [0.2, 0.25) is 11.8 Å². The second kappa shape index (κ2) is 6.94. The van der Waals surface area contributed by atoms with Gasteiger partial charge in [0, 0.05) is 11.6 Å². The molecule has 3 heterocycles. The molecule has 2 aromatic carbocycles. The molecule has 2 aromatic rings. The van der Waals surface area contributed by atoms with Gasteiger partial charge in [-0.25, -0.2) is 4.90 Å². The molecule has 4 atom stereocenters. The fraction of sp³-hybridized carbons (Fsp3) is 0.318. The fourth-order valence-corrected chi connectivity index (χ4v) is 5.46. The summed E-state index contributed by atoms with van der Waals surface area (Å²) in [4.78, 5) is 43.4. The first-order valence-corrected chi connectivity index (χ1v) is 10.4. The Kier molecular flexibility index (Phi) is 4.50. The van der Waals surface area contributed by atoms with Gasteiger partial charge in [-0.1, -0.05) is 53.5 Å². The summed E-state index contributed by atoms with van der Waals surface area (Å²) in [7, 11) is 0. The number of hydrogen-bond acceptors (Lipinski definition) is 4. The number of fused-ring (bicyclic) bond motifs is 3. The van der Waals surface area contributed by atoms with Crippen LogP contribution >= 0.6 is 23.2 Å². The molecule has 0 spiro atoms. The lowest BCUT2D eigenvalue weighted by Gasteiger charge is -2.27. The van der Waals surface area contributed by atoms with Crippen molar-refractivity contribution in [1.29, 1.82) is 0 Å². The number of nitrogens with zero attached hydrogens (tertiary/aromatic N) is 2. The first-order chi connectivity index (χ1) is 14.0. The monoisotopic (exact) mass is 428 g/mol. The molecule has 0 radical (unpaired) electrons. The predicted molar refractivity (Wildman–Crippen MR) is 110 cm³/mol. The smallest absolute Gasteiger partial charge is 0.239 e. The van der Waals surface area contributed by atoms with E-state index in [1.165, 1.54) is 11.0 Å². The van der Waals surface area contributed by atoms with E-state index in [-0.39, 0.29) is 28.7 Å². The lowest BCUT2D eigenvalue weighted by atomic mass is 9.85. The van der Waals surface area contributed by atoms with Gasteiger partial charge in [0.15, 0.2) is 5.78 Å². The van der Waals surface area contributed by atoms with E-state index >= 15 is 0 Å². The van der Waals surface area contributed by atoms with Gasteiger partial charge < -0.3 is 0 Å². The van der Waals surface area contributed by atoms with Crippen molar-refractivity contribution in [3.63, 3.8) is 0 Å². The van der Waals surface area contributed by atoms with E-state index in [0.29, 0.717) is 16.3 Å². The third-order valence-electron chi connectivity index (χ3n) is 6.34. The molecular formula is C22H18Cl2N2O3. The predicted octanol–water partition coefficient (Wildman–Crippen LogP) is 3.83. The third kappa shape index (κ3) is 2.75. The van der Waals surface area contributed by atoms with Crippen LogP contribution in [0.25, 0.3) is 0 Å². The van der Waals surface area contributed by atoms with Gasteiger partial charge in [-0.3, -0.25) is 19.3 Å². The molecule has 5 rings (SSSR count). The number of halogens is 2. The summed E-state index contributed by atoms with van der Waals surface area (Å²) in [6.07, 6.45) is 1.73. The van der Waals surface area contributed by atoms with Crippen molar-refractivity contribution in [2.45, 2.75) is 24.9 Å². The number of anilines is 1. The van der Waals surface area contributed by atoms with Gasteiger partial charge in [0.1, 0.15) is 0 Å². The van der Waals surface area contributed by atoms with Crippen molar-refractivity contribution < 1.29 is 14.4 Å². The maximum Gasteiger partial charge on any atom is 0.239 e. The summed E-state index contributed by atoms with van der Waals surface area (Å²) in [6.45, 7) is 0.730. The van der Waals surface area contributed by atoms with Crippen LogP contribution in [0.3, 0.4) is 0 Å². The van der Waals surface area contributed by atoms with E-state index in [4.69, 9.17) is 23.2 Å². The maximum absolute atomic E-state index is 13.4. The number of carbonyl (C=O) groups is 3. The topological polar surface area (TPSA) is 57.7 Å². The lowest BCUT2D eigenvalue weighted by molar-refractivity contribution is -0.123. The number of amides is 2. The molecule has 148 valence electrons. The van der Waals surface area contributed by atoms with Crippen LogP contribution in [0.15, 0.2) is 48.5 Å². The average Bonchev–Trinajstić information content (AvgIpc) is 3.37. The van der Waals surface area contributed by atoms with E-state index in [1.54, 1.807) is 24.3 Å². The Morgan fingerprint density at radius 3 is 2.38 bits per heavy atom. The third-order valence-corrected chi connectivity index (χ3v) is 7.08. The number of benzene rings is 2. The molecule has 5 nitrogen and oxygen atoms in total. The van der Waals surface area contributed by atoms with Crippen molar-refractivity contribution in [2.75, 3.05) is 11.4 Å². The highest BCUT2D eigenvalue weighted by atomic mass is 35.5. The first kappa shape index (κ1) is 18.8. The normalized spacial score (nSPS) is 28.7. The molecule has 3 aliphatic rings. The molecule has 0 saturated carbocycles. The second-order valence-corrected chi connectivity index (χ2v) is 8.60. The summed E-state index contributed by atoms with van der Waals surface area (Å²) in [5.41, 5.74) is 0.969. The molecule has 0 aliphatic carbocycles. The Hall–Kier alpha value is -2.21. The first-order valence-electron chi connectivity index (χ1n) is 9.67. The SMILES string of the molecule is O=C(c1ccccc1)[C@@H]1[C@H]2C(=O)N(c3ccc(Cl)c(Cl)c3)C(=O)[C@@H]2[C@H]2CCCN21. The molecule has 7 heteroatoms. The zero-order chi connectivity index (χ0) is 20.3. The van der Waals surface area contributed by atoms with Gasteiger partial charge >= 0.3 is 0 Å².